The zero-order chi connectivity index (χ0) is 12.8. The third-order valence-electron chi connectivity index (χ3n) is 2.44. The largest absolute Gasteiger partial charge is 0.497 e. The van der Waals surface area contributed by atoms with Crippen molar-refractivity contribution < 1.29 is 19.0 Å². The van der Waals surface area contributed by atoms with Crippen molar-refractivity contribution in [3.63, 3.8) is 0 Å². The second-order valence-corrected chi connectivity index (χ2v) is 3.39. The molecule has 0 spiro atoms. The number of methoxy groups -OCH3 is 3. The predicted molar refractivity (Wildman–Crippen MR) is 63.6 cm³/mol. The predicted octanol–water partition coefficient (Wildman–Crippen LogP) is 0.992. The van der Waals surface area contributed by atoms with Crippen molar-refractivity contribution in [1.82, 2.24) is 0 Å². The van der Waals surface area contributed by atoms with Gasteiger partial charge in [0, 0.05) is 11.6 Å². The average Bonchev–Trinajstić information content (AvgIpc) is 2.38. The number of carbonyl (C=O) groups is 1. The Hall–Kier alpha value is -1.75. The number of hydrogen-bond acceptors (Lipinski definition) is 5. The summed E-state index contributed by atoms with van der Waals surface area (Å²) >= 11 is 0. The lowest BCUT2D eigenvalue weighted by atomic mass is 10.0. The molecular formula is C12H17NO4. The molecule has 94 valence electrons. The summed E-state index contributed by atoms with van der Waals surface area (Å²) in [6.07, 6.45) is 0.539. The molecule has 5 heteroatoms. The topological polar surface area (TPSA) is 70.8 Å². The van der Waals surface area contributed by atoms with Crippen LogP contribution in [0.5, 0.6) is 11.5 Å². The number of esters is 1. The first-order valence-corrected chi connectivity index (χ1v) is 5.21. The second-order valence-electron chi connectivity index (χ2n) is 3.39. The Kier molecular flexibility index (Phi) is 4.78. The summed E-state index contributed by atoms with van der Waals surface area (Å²) in [6.45, 7) is 0.423. The number of ether oxygens (including phenoxy) is 3. The molecule has 2 N–H and O–H groups in total. The number of rotatable bonds is 5. The Balaban J connectivity index is 3.34. The molecule has 0 saturated carbocycles. The molecular weight excluding hydrogens is 222 g/mol. The van der Waals surface area contributed by atoms with E-state index in [4.69, 9.17) is 19.9 Å². The van der Waals surface area contributed by atoms with Gasteiger partial charge in [-0.05, 0) is 19.0 Å². The van der Waals surface area contributed by atoms with Gasteiger partial charge in [0.15, 0.2) is 0 Å². The number of nitrogens with two attached hydrogens (primary N) is 1. The van der Waals surface area contributed by atoms with Crippen LogP contribution in [0.2, 0.25) is 0 Å². The lowest BCUT2D eigenvalue weighted by Crippen LogP contribution is -2.12. The smallest absolute Gasteiger partial charge is 0.338 e. The minimum Gasteiger partial charge on any atom is -0.497 e. The Morgan fingerprint density at radius 2 is 1.94 bits per heavy atom. The number of carbonyl (C=O) groups excluding carboxylic acids is 1. The highest BCUT2D eigenvalue weighted by atomic mass is 16.5. The maximum atomic E-state index is 11.7. The standard InChI is InChI=1S/C12H17NO4/c1-15-8-6-10(12(14)17-3)9(4-5-13)11(7-8)16-2/h6-7H,4-5,13H2,1-3H3. The molecule has 0 bridgehead atoms. The van der Waals surface area contributed by atoms with E-state index < -0.39 is 5.97 Å². The van der Waals surface area contributed by atoms with Gasteiger partial charge in [0.2, 0.25) is 0 Å². The van der Waals surface area contributed by atoms with E-state index in [0.717, 1.165) is 5.56 Å². The minimum absolute atomic E-state index is 0.423. The van der Waals surface area contributed by atoms with E-state index in [2.05, 4.69) is 0 Å². The maximum Gasteiger partial charge on any atom is 0.338 e. The lowest BCUT2D eigenvalue weighted by Gasteiger charge is -2.14. The molecule has 0 aromatic heterocycles. The lowest BCUT2D eigenvalue weighted by molar-refractivity contribution is 0.0598. The molecule has 1 aromatic rings. The van der Waals surface area contributed by atoms with Crippen LogP contribution >= 0.6 is 0 Å². The Morgan fingerprint density at radius 1 is 1.24 bits per heavy atom. The number of benzene rings is 1. The van der Waals surface area contributed by atoms with E-state index in [-0.39, 0.29) is 0 Å². The van der Waals surface area contributed by atoms with Gasteiger partial charge in [-0.2, -0.15) is 0 Å². The van der Waals surface area contributed by atoms with Gasteiger partial charge in [0.25, 0.3) is 0 Å². The molecule has 1 rings (SSSR count). The van der Waals surface area contributed by atoms with E-state index in [9.17, 15) is 4.79 Å². The van der Waals surface area contributed by atoms with Crippen molar-refractivity contribution >= 4 is 5.97 Å². The van der Waals surface area contributed by atoms with Gasteiger partial charge >= 0.3 is 5.97 Å². The Bertz CT molecular complexity index is 404. The number of hydrogen-bond donors (Lipinski definition) is 1. The molecule has 0 atom stereocenters. The SMILES string of the molecule is COC(=O)c1cc(OC)cc(OC)c1CCN. The summed E-state index contributed by atoms with van der Waals surface area (Å²) in [5.41, 5.74) is 6.69. The van der Waals surface area contributed by atoms with E-state index in [1.807, 2.05) is 0 Å². The maximum absolute atomic E-state index is 11.7. The molecule has 0 amide bonds. The summed E-state index contributed by atoms with van der Waals surface area (Å²) in [5.74, 6) is 0.698. The van der Waals surface area contributed by atoms with Crippen LogP contribution < -0.4 is 15.2 Å². The molecule has 0 aliphatic carbocycles. The molecule has 0 aliphatic heterocycles. The van der Waals surface area contributed by atoms with Gasteiger partial charge in [-0.25, -0.2) is 4.79 Å². The van der Waals surface area contributed by atoms with Gasteiger partial charge in [0.1, 0.15) is 11.5 Å². The van der Waals surface area contributed by atoms with Crippen LogP contribution in [0.4, 0.5) is 0 Å². The van der Waals surface area contributed by atoms with Crippen LogP contribution in [0, 0.1) is 0 Å². The first-order valence-electron chi connectivity index (χ1n) is 5.21. The zero-order valence-electron chi connectivity index (χ0n) is 10.3. The molecule has 17 heavy (non-hydrogen) atoms. The summed E-state index contributed by atoms with van der Waals surface area (Å²) in [7, 11) is 4.40. The van der Waals surface area contributed by atoms with Gasteiger partial charge in [0.05, 0.1) is 26.9 Å². The van der Waals surface area contributed by atoms with Gasteiger partial charge in [-0.15, -0.1) is 0 Å². The summed E-state index contributed by atoms with van der Waals surface area (Å²) in [6, 6.07) is 3.34. The van der Waals surface area contributed by atoms with Crippen LogP contribution in [-0.4, -0.2) is 33.8 Å². The molecule has 0 radical (unpaired) electrons. The molecule has 0 aliphatic rings. The fraction of sp³-hybridized carbons (Fsp3) is 0.417. The van der Waals surface area contributed by atoms with E-state index in [1.54, 1.807) is 12.1 Å². The highest BCUT2D eigenvalue weighted by Crippen LogP contribution is 2.29. The normalized spacial score (nSPS) is 9.88. The van der Waals surface area contributed by atoms with Crippen molar-refractivity contribution in [3.05, 3.63) is 23.3 Å². The Morgan fingerprint density at radius 3 is 2.41 bits per heavy atom. The first-order chi connectivity index (χ1) is 8.17. The van der Waals surface area contributed by atoms with E-state index in [1.165, 1.54) is 21.3 Å². The highest BCUT2D eigenvalue weighted by molar-refractivity contribution is 5.92. The third-order valence-corrected chi connectivity index (χ3v) is 2.44. The van der Waals surface area contributed by atoms with Crippen molar-refractivity contribution in [1.29, 1.82) is 0 Å². The zero-order valence-corrected chi connectivity index (χ0v) is 10.3. The summed E-state index contributed by atoms with van der Waals surface area (Å²) in [4.78, 5) is 11.7. The van der Waals surface area contributed by atoms with Crippen molar-refractivity contribution in [3.8, 4) is 11.5 Å². The van der Waals surface area contributed by atoms with Crippen molar-refractivity contribution in [2.45, 2.75) is 6.42 Å². The minimum atomic E-state index is -0.425. The van der Waals surface area contributed by atoms with Crippen LogP contribution in [0.25, 0.3) is 0 Å². The third kappa shape index (κ3) is 2.88. The molecule has 0 saturated heterocycles. The van der Waals surface area contributed by atoms with E-state index in [0.29, 0.717) is 30.0 Å². The van der Waals surface area contributed by atoms with Crippen LogP contribution in [0.1, 0.15) is 15.9 Å². The highest BCUT2D eigenvalue weighted by Gasteiger charge is 2.17. The molecule has 0 heterocycles. The molecule has 0 fully saturated rings. The average molecular weight is 239 g/mol. The van der Waals surface area contributed by atoms with Crippen LogP contribution in [0.15, 0.2) is 12.1 Å². The summed E-state index contributed by atoms with van der Waals surface area (Å²) < 4.78 is 15.1. The van der Waals surface area contributed by atoms with Crippen molar-refractivity contribution in [2.75, 3.05) is 27.9 Å². The van der Waals surface area contributed by atoms with Gasteiger partial charge in [-0.3, -0.25) is 0 Å². The van der Waals surface area contributed by atoms with E-state index >= 15 is 0 Å². The first kappa shape index (κ1) is 13.3. The molecule has 5 nitrogen and oxygen atoms in total. The fourth-order valence-electron chi connectivity index (χ4n) is 1.61. The molecule has 1 aromatic carbocycles. The van der Waals surface area contributed by atoms with Gasteiger partial charge < -0.3 is 19.9 Å². The summed E-state index contributed by atoms with van der Waals surface area (Å²) in [5, 5.41) is 0. The van der Waals surface area contributed by atoms with Crippen LogP contribution in [0.3, 0.4) is 0 Å². The van der Waals surface area contributed by atoms with Crippen molar-refractivity contribution in [2.24, 2.45) is 5.73 Å². The van der Waals surface area contributed by atoms with Gasteiger partial charge in [-0.1, -0.05) is 0 Å². The molecule has 0 unspecified atom stereocenters. The van der Waals surface area contributed by atoms with Crippen LogP contribution in [-0.2, 0) is 11.2 Å². The fourth-order valence-corrected chi connectivity index (χ4v) is 1.61. The quantitative estimate of drug-likeness (QED) is 0.776. The Labute approximate surface area is 100 Å². The second kappa shape index (κ2) is 6.10. The monoisotopic (exact) mass is 239 g/mol.